The van der Waals surface area contributed by atoms with Crippen LogP contribution in [0.2, 0.25) is 0 Å². The van der Waals surface area contributed by atoms with Crippen LogP contribution in [0.1, 0.15) is 46.5 Å². The van der Waals surface area contributed by atoms with Crippen molar-refractivity contribution in [3.8, 4) is 0 Å². The van der Waals surface area contributed by atoms with Gasteiger partial charge in [0.15, 0.2) is 7.98 Å². The predicted octanol–water partition coefficient (Wildman–Crippen LogP) is 2.85. The predicted molar refractivity (Wildman–Crippen MR) is 60.9 cm³/mol. The Bertz CT molecular complexity index is 113. The third-order valence-corrected chi connectivity index (χ3v) is 2.80. The van der Waals surface area contributed by atoms with Gasteiger partial charge in [0.25, 0.3) is 0 Å². The highest BCUT2D eigenvalue weighted by Gasteiger charge is 2.09. The zero-order valence-corrected chi connectivity index (χ0v) is 9.71. The molecule has 0 N–H and O–H groups in total. The molecule has 1 atom stereocenters. The average molecular weight is 181 g/mol. The standard InChI is InChI=1S/C11H24BN/c1-5-11(10(2)3)8-6-7-9-13(4)12/h10-11H,5-9H2,1-4H3. The summed E-state index contributed by atoms with van der Waals surface area (Å²) >= 11 is 0. The van der Waals surface area contributed by atoms with Crippen molar-refractivity contribution in [1.29, 1.82) is 0 Å². The van der Waals surface area contributed by atoms with Crippen molar-refractivity contribution in [3.05, 3.63) is 0 Å². The van der Waals surface area contributed by atoms with Gasteiger partial charge in [0.05, 0.1) is 0 Å². The molecule has 0 aliphatic heterocycles. The van der Waals surface area contributed by atoms with Crippen LogP contribution in [0.4, 0.5) is 0 Å². The number of nitrogens with zero attached hydrogens (tertiary/aromatic N) is 1. The second-order valence-corrected chi connectivity index (χ2v) is 4.39. The number of rotatable bonds is 7. The molecule has 0 bridgehead atoms. The summed E-state index contributed by atoms with van der Waals surface area (Å²) in [6.45, 7) is 7.96. The molecule has 0 aromatic carbocycles. The van der Waals surface area contributed by atoms with Crippen LogP contribution in [-0.4, -0.2) is 26.4 Å². The van der Waals surface area contributed by atoms with Gasteiger partial charge < -0.3 is 4.81 Å². The summed E-state index contributed by atoms with van der Waals surface area (Å²) in [6.07, 6.45) is 5.23. The fraction of sp³-hybridized carbons (Fsp3) is 1.00. The molecule has 1 unspecified atom stereocenters. The van der Waals surface area contributed by atoms with Crippen molar-refractivity contribution in [2.45, 2.75) is 46.5 Å². The van der Waals surface area contributed by atoms with Crippen molar-refractivity contribution in [2.75, 3.05) is 13.6 Å². The molecular weight excluding hydrogens is 157 g/mol. The summed E-state index contributed by atoms with van der Waals surface area (Å²) < 4.78 is 0. The summed E-state index contributed by atoms with van der Waals surface area (Å²) in [5.74, 6) is 1.74. The molecule has 0 fully saturated rings. The molecule has 0 amide bonds. The van der Waals surface area contributed by atoms with Crippen LogP contribution in [0.25, 0.3) is 0 Å². The van der Waals surface area contributed by atoms with E-state index in [0.29, 0.717) is 0 Å². The van der Waals surface area contributed by atoms with Gasteiger partial charge in [-0.05, 0) is 31.8 Å². The van der Waals surface area contributed by atoms with Crippen LogP contribution in [0.5, 0.6) is 0 Å². The summed E-state index contributed by atoms with van der Waals surface area (Å²) in [6, 6.07) is 0. The van der Waals surface area contributed by atoms with Gasteiger partial charge in [-0.1, -0.05) is 40.0 Å². The van der Waals surface area contributed by atoms with Crippen molar-refractivity contribution in [2.24, 2.45) is 11.8 Å². The van der Waals surface area contributed by atoms with E-state index in [1.165, 1.54) is 25.7 Å². The molecule has 1 nitrogen and oxygen atoms in total. The maximum Gasteiger partial charge on any atom is 0.182 e. The molecule has 0 aliphatic rings. The maximum atomic E-state index is 5.53. The largest absolute Gasteiger partial charge is 0.356 e. The molecule has 0 aromatic heterocycles. The lowest BCUT2D eigenvalue weighted by Crippen LogP contribution is -2.15. The van der Waals surface area contributed by atoms with Crippen LogP contribution >= 0.6 is 0 Å². The first-order valence-corrected chi connectivity index (χ1v) is 5.53. The molecule has 0 spiro atoms. The number of hydrogen-bond donors (Lipinski definition) is 0. The van der Waals surface area contributed by atoms with Gasteiger partial charge in [0.2, 0.25) is 0 Å². The zero-order valence-electron chi connectivity index (χ0n) is 9.71. The molecule has 76 valence electrons. The second kappa shape index (κ2) is 7.43. The van der Waals surface area contributed by atoms with E-state index < -0.39 is 0 Å². The first kappa shape index (κ1) is 13.0. The lowest BCUT2D eigenvalue weighted by molar-refractivity contribution is 0.332. The Morgan fingerprint density at radius 2 is 1.85 bits per heavy atom. The Kier molecular flexibility index (Phi) is 7.45. The molecule has 0 saturated carbocycles. The van der Waals surface area contributed by atoms with E-state index >= 15 is 0 Å². The number of hydrogen-bond acceptors (Lipinski definition) is 1. The third-order valence-electron chi connectivity index (χ3n) is 2.80. The zero-order chi connectivity index (χ0) is 10.3. The van der Waals surface area contributed by atoms with Gasteiger partial charge in [-0.15, -0.1) is 0 Å². The van der Waals surface area contributed by atoms with Crippen LogP contribution in [0.3, 0.4) is 0 Å². The Labute approximate surface area is 85.3 Å². The van der Waals surface area contributed by atoms with Crippen LogP contribution in [-0.2, 0) is 0 Å². The highest BCUT2D eigenvalue weighted by Crippen LogP contribution is 2.21. The van der Waals surface area contributed by atoms with E-state index in [2.05, 4.69) is 20.8 Å². The van der Waals surface area contributed by atoms with Gasteiger partial charge in [0, 0.05) is 0 Å². The summed E-state index contributed by atoms with van der Waals surface area (Å²) in [5, 5.41) is 0. The first-order valence-electron chi connectivity index (χ1n) is 5.53. The second-order valence-electron chi connectivity index (χ2n) is 4.39. The minimum Gasteiger partial charge on any atom is -0.356 e. The van der Waals surface area contributed by atoms with Crippen LogP contribution in [0.15, 0.2) is 0 Å². The fourth-order valence-electron chi connectivity index (χ4n) is 1.78. The Morgan fingerprint density at radius 3 is 2.23 bits per heavy atom. The highest BCUT2D eigenvalue weighted by molar-refractivity contribution is 6.04. The van der Waals surface area contributed by atoms with Crippen LogP contribution in [0, 0.1) is 11.8 Å². The Balaban J connectivity index is 3.39. The molecule has 0 rings (SSSR count). The van der Waals surface area contributed by atoms with Crippen molar-refractivity contribution < 1.29 is 0 Å². The van der Waals surface area contributed by atoms with E-state index in [4.69, 9.17) is 7.98 Å². The lowest BCUT2D eigenvalue weighted by atomic mass is 9.88. The lowest BCUT2D eigenvalue weighted by Gasteiger charge is -2.19. The van der Waals surface area contributed by atoms with Crippen molar-refractivity contribution in [1.82, 2.24) is 4.81 Å². The van der Waals surface area contributed by atoms with Gasteiger partial charge in [-0.25, -0.2) is 0 Å². The molecule has 13 heavy (non-hydrogen) atoms. The summed E-state index contributed by atoms with van der Waals surface area (Å²) in [4.78, 5) is 1.77. The molecular formula is C11H24BN. The highest BCUT2D eigenvalue weighted by atomic mass is 15.0. The fourth-order valence-corrected chi connectivity index (χ4v) is 1.78. The number of unbranched alkanes of at least 4 members (excludes halogenated alkanes) is 1. The monoisotopic (exact) mass is 181 g/mol. The molecule has 0 aliphatic carbocycles. The molecule has 2 radical (unpaired) electrons. The first-order chi connectivity index (χ1) is 6.07. The van der Waals surface area contributed by atoms with E-state index in [1.807, 2.05) is 7.05 Å². The van der Waals surface area contributed by atoms with E-state index in [9.17, 15) is 0 Å². The molecule has 2 heteroatoms. The van der Waals surface area contributed by atoms with Crippen molar-refractivity contribution in [3.63, 3.8) is 0 Å². The summed E-state index contributed by atoms with van der Waals surface area (Å²) in [5.41, 5.74) is 0. The topological polar surface area (TPSA) is 3.24 Å². The van der Waals surface area contributed by atoms with Gasteiger partial charge >= 0.3 is 0 Å². The quantitative estimate of drug-likeness (QED) is 0.431. The normalized spacial score (nSPS) is 14.0. The molecule has 0 saturated heterocycles. The summed E-state index contributed by atoms with van der Waals surface area (Å²) in [7, 11) is 7.47. The minimum absolute atomic E-state index is 0.834. The third kappa shape index (κ3) is 7.12. The van der Waals surface area contributed by atoms with E-state index in [0.717, 1.165) is 18.4 Å². The SMILES string of the molecule is [B]N(C)CCCCC(CC)C(C)C. The van der Waals surface area contributed by atoms with E-state index in [-0.39, 0.29) is 0 Å². The average Bonchev–Trinajstić information content (AvgIpc) is 2.03. The van der Waals surface area contributed by atoms with Gasteiger partial charge in [-0.2, -0.15) is 0 Å². The molecule has 0 heterocycles. The maximum absolute atomic E-state index is 5.53. The van der Waals surface area contributed by atoms with Crippen LogP contribution < -0.4 is 0 Å². The Morgan fingerprint density at radius 1 is 1.23 bits per heavy atom. The molecule has 0 aromatic rings. The van der Waals surface area contributed by atoms with Gasteiger partial charge in [-0.3, -0.25) is 0 Å². The Hall–Kier alpha value is 0.0249. The van der Waals surface area contributed by atoms with Gasteiger partial charge in [0.1, 0.15) is 0 Å². The smallest absolute Gasteiger partial charge is 0.182 e. The van der Waals surface area contributed by atoms with Crippen molar-refractivity contribution >= 4 is 7.98 Å². The van der Waals surface area contributed by atoms with E-state index in [1.54, 1.807) is 4.81 Å². The minimum atomic E-state index is 0.834.